The number of carbonyl (C=O) groups is 1. The van der Waals surface area contributed by atoms with E-state index in [0.717, 1.165) is 39.5 Å². The molecule has 1 unspecified atom stereocenters. The Kier molecular flexibility index (Phi) is 6.58. The van der Waals surface area contributed by atoms with E-state index in [2.05, 4.69) is 21.6 Å². The van der Waals surface area contributed by atoms with Crippen LogP contribution >= 0.6 is 11.3 Å². The van der Waals surface area contributed by atoms with E-state index in [9.17, 15) is 10.1 Å². The van der Waals surface area contributed by atoms with Gasteiger partial charge in [0.05, 0.1) is 17.7 Å². The summed E-state index contributed by atoms with van der Waals surface area (Å²) in [7, 11) is 0. The number of rotatable bonds is 5. The van der Waals surface area contributed by atoms with E-state index in [-0.39, 0.29) is 12.1 Å². The Balaban J connectivity index is 1.58. The predicted molar refractivity (Wildman–Crippen MR) is 132 cm³/mol. The molecular weight excluding hydrogens is 448 g/mol. The molecule has 1 aliphatic rings. The number of benzene rings is 2. The molecule has 0 bridgehead atoms. The Morgan fingerprint density at radius 2 is 1.97 bits per heavy atom. The van der Waals surface area contributed by atoms with Crippen LogP contribution in [0, 0.1) is 11.3 Å². The number of amides is 1. The number of fused-ring (bicyclic) bond motifs is 1. The van der Waals surface area contributed by atoms with Crippen LogP contribution in [0.1, 0.15) is 63.8 Å². The first-order valence-electron chi connectivity index (χ1n) is 11.3. The molecule has 8 heteroatoms. The number of alkyl carbamates (subject to hydrolysis) is 1. The third-order valence-electron chi connectivity index (χ3n) is 5.33. The topological polar surface area (TPSA) is 97.1 Å². The molecule has 1 heterocycles. The van der Waals surface area contributed by atoms with Gasteiger partial charge in [-0.25, -0.2) is 4.79 Å². The number of hydrogen-bond acceptors (Lipinski definition) is 7. The lowest BCUT2D eigenvalue weighted by Crippen LogP contribution is -2.34. The van der Waals surface area contributed by atoms with Crippen molar-refractivity contribution < 1.29 is 14.3 Å². The molecule has 7 nitrogen and oxygen atoms in total. The normalized spacial score (nSPS) is 15.0. The summed E-state index contributed by atoms with van der Waals surface area (Å²) < 4.78 is 11.2. The van der Waals surface area contributed by atoms with E-state index in [1.54, 1.807) is 6.07 Å². The predicted octanol–water partition coefficient (Wildman–Crippen LogP) is 6.04. The van der Waals surface area contributed by atoms with E-state index in [4.69, 9.17) is 9.47 Å². The molecule has 1 amide bonds. The fourth-order valence-electron chi connectivity index (χ4n) is 4.01. The van der Waals surface area contributed by atoms with Crippen LogP contribution in [-0.4, -0.2) is 28.0 Å². The number of nitrogens with one attached hydrogen (secondary N) is 1. The van der Waals surface area contributed by atoms with Gasteiger partial charge in [-0.2, -0.15) is 5.26 Å². The number of nitriles is 1. The van der Waals surface area contributed by atoms with Gasteiger partial charge in [-0.05, 0) is 76.8 Å². The summed E-state index contributed by atoms with van der Waals surface area (Å²) in [6.07, 6.45) is 1.22. The second-order valence-corrected chi connectivity index (χ2v) is 10.5. The minimum atomic E-state index is -0.541. The van der Waals surface area contributed by atoms with Crippen LogP contribution in [0.4, 0.5) is 4.79 Å². The Labute approximate surface area is 203 Å². The highest BCUT2D eigenvalue weighted by Gasteiger charge is 2.29. The monoisotopic (exact) mass is 476 g/mol. The third-order valence-corrected chi connectivity index (χ3v) is 6.33. The van der Waals surface area contributed by atoms with Gasteiger partial charge in [0.25, 0.3) is 0 Å². The molecule has 3 aromatic rings. The largest absolute Gasteiger partial charge is 0.490 e. The molecule has 0 radical (unpaired) electrons. The van der Waals surface area contributed by atoms with Crippen molar-refractivity contribution in [1.29, 1.82) is 5.26 Å². The number of aromatic nitrogens is 2. The highest BCUT2D eigenvalue weighted by atomic mass is 32.1. The lowest BCUT2D eigenvalue weighted by molar-refractivity contribution is 0.0503. The van der Waals surface area contributed by atoms with Crippen molar-refractivity contribution in [2.24, 2.45) is 0 Å². The van der Waals surface area contributed by atoms with Crippen LogP contribution in [0.5, 0.6) is 5.75 Å². The van der Waals surface area contributed by atoms with Crippen molar-refractivity contribution >= 4 is 17.4 Å². The van der Waals surface area contributed by atoms with Crippen LogP contribution in [-0.2, 0) is 11.2 Å². The quantitative estimate of drug-likeness (QED) is 0.482. The average molecular weight is 477 g/mol. The molecule has 1 aromatic heterocycles. The lowest BCUT2D eigenvalue weighted by Gasteiger charge is -2.22. The third kappa shape index (κ3) is 5.20. The number of hydrogen-bond donors (Lipinski definition) is 1. The molecule has 0 aliphatic heterocycles. The van der Waals surface area contributed by atoms with E-state index in [1.807, 2.05) is 65.0 Å². The SMILES string of the molecule is CC(C)Oc1ccc(-c2nnc(-c3cccc4c3CCC4NC(=O)OC(C)(C)C)s2)cc1C#N. The molecule has 1 aliphatic carbocycles. The average Bonchev–Trinajstić information content (AvgIpc) is 3.40. The van der Waals surface area contributed by atoms with Gasteiger partial charge >= 0.3 is 6.09 Å². The van der Waals surface area contributed by atoms with Crippen LogP contribution in [0.15, 0.2) is 36.4 Å². The lowest BCUT2D eigenvalue weighted by atomic mass is 10.0. The fraction of sp³-hybridized carbons (Fsp3) is 0.385. The number of ether oxygens (including phenoxy) is 2. The van der Waals surface area contributed by atoms with Gasteiger partial charge in [-0.1, -0.05) is 29.5 Å². The summed E-state index contributed by atoms with van der Waals surface area (Å²) in [6, 6.07) is 13.7. The van der Waals surface area contributed by atoms with Crippen LogP contribution in [0.2, 0.25) is 0 Å². The highest BCUT2D eigenvalue weighted by molar-refractivity contribution is 7.17. The van der Waals surface area contributed by atoms with E-state index < -0.39 is 11.7 Å². The minimum absolute atomic E-state index is 0.0140. The zero-order valence-corrected chi connectivity index (χ0v) is 20.8. The Hall–Kier alpha value is -3.44. The number of nitrogens with zero attached hydrogens (tertiary/aromatic N) is 3. The summed E-state index contributed by atoms with van der Waals surface area (Å²) in [6.45, 7) is 9.41. The minimum Gasteiger partial charge on any atom is -0.490 e. The van der Waals surface area contributed by atoms with Crippen LogP contribution < -0.4 is 10.1 Å². The van der Waals surface area contributed by atoms with Gasteiger partial charge in [0.2, 0.25) is 0 Å². The van der Waals surface area contributed by atoms with Gasteiger partial charge in [0.1, 0.15) is 27.4 Å². The maximum absolute atomic E-state index is 12.3. The molecule has 176 valence electrons. The maximum atomic E-state index is 12.3. The van der Waals surface area contributed by atoms with Gasteiger partial charge in [-0.3, -0.25) is 0 Å². The van der Waals surface area contributed by atoms with E-state index in [0.29, 0.717) is 11.3 Å². The smallest absolute Gasteiger partial charge is 0.408 e. The first-order chi connectivity index (χ1) is 16.1. The molecule has 4 rings (SSSR count). The van der Waals surface area contributed by atoms with Gasteiger partial charge in [-0.15, -0.1) is 10.2 Å². The van der Waals surface area contributed by atoms with Crippen molar-refractivity contribution in [3.63, 3.8) is 0 Å². The fourth-order valence-corrected chi connectivity index (χ4v) is 4.90. The van der Waals surface area contributed by atoms with Gasteiger partial charge in [0.15, 0.2) is 0 Å². The second kappa shape index (κ2) is 9.43. The summed E-state index contributed by atoms with van der Waals surface area (Å²) >= 11 is 1.48. The van der Waals surface area contributed by atoms with E-state index in [1.165, 1.54) is 16.9 Å². The number of carbonyl (C=O) groups excluding carboxylic acids is 1. The summed E-state index contributed by atoms with van der Waals surface area (Å²) in [5.74, 6) is 0.565. The van der Waals surface area contributed by atoms with Crippen LogP contribution in [0.25, 0.3) is 21.1 Å². The molecular formula is C26H28N4O3S. The van der Waals surface area contributed by atoms with Crippen molar-refractivity contribution in [3.05, 3.63) is 53.1 Å². The van der Waals surface area contributed by atoms with Crippen molar-refractivity contribution in [1.82, 2.24) is 15.5 Å². The Bertz CT molecular complexity index is 1250. The first-order valence-corrected chi connectivity index (χ1v) is 12.1. The van der Waals surface area contributed by atoms with Crippen molar-refractivity contribution in [2.75, 3.05) is 0 Å². The molecule has 0 saturated carbocycles. The first kappa shape index (κ1) is 23.7. The maximum Gasteiger partial charge on any atom is 0.408 e. The molecule has 0 fully saturated rings. The molecule has 1 N–H and O–H groups in total. The summed E-state index contributed by atoms with van der Waals surface area (Å²) in [5.41, 5.74) is 4.04. The van der Waals surface area contributed by atoms with Crippen molar-refractivity contribution in [3.8, 4) is 33.0 Å². The molecule has 2 aromatic carbocycles. The molecule has 34 heavy (non-hydrogen) atoms. The molecule has 0 saturated heterocycles. The van der Waals surface area contributed by atoms with Gasteiger partial charge < -0.3 is 14.8 Å². The van der Waals surface area contributed by atoms with E-state index >= 15 is 0 Å². The Morgan fingerprint density at radius 3 is 2.68 bits per heavy atom. The van der Waals surface area contributed by atoms with Crippen molar-refractivity contribution in [2.45, 2.75) is 65.2 Å². The summed E-state index contributed by atoms with van der Waals surface area (Å²) in [5, 5.41) is 22.9. The van der Waals surface area contributed by atoms with Crippen LogP contribution in [0.3, 0.4) is 0 Å². The molecule has 0 spiro atoms. The standard InChI is InChI=1S/C26H28N4O3S/c1-15(2)32-22-12-9-16(13-17(22)14-27)23-29-30-24(34-23)20-8-6-7-19-18(20)10-11-21(19)28-25(31)33-26(3,4)5/h6-9,12-13,15,21H,10-11H2,1-5H3,(H,28,31). The zero-order chi connectivity index (χ0) is 24.5. The second-order valence-electron chi connectivity index (χ2n) is 9.51. The summed E-state index contributed by atoms with van der Waals surface area (Å²) in [4.78, 5) is 12.3. The highest BCUT2D eigenvalue weighted by Crippen LogP contribution is 2.40. The Morgan fingerprint density at radius 1 is 1.21 bits per heavy atom. The molecule has 1 atom stereocenters. The zero-order valence-electron chi connectivity index (χ0n) is 20.0. The van der Waals surface area contributed by atoms with Gasteiger partial charge in [0, 0.05) is 11.1 Å².